The molecule has 4 rings (SSSR count). The molecule has 0 bridgehead atoms. The van der Waals surface area contributed by atoms with Crippen LogP contribution in [0.4, 0.5) is 0 Å². The molecule has 1 aliphatic rings. The maximum atomic E-state index is 12.9. The van der Waals surface area contributed by atoms with E-state index in [2.05, 4.69) is 15.0 Å². The lowest BCUT2D eigenvalue weighted by molar-refractivity contribution is 0.0548. The second-order valence-electron chi connectivity index (χ2n) is 6.33. The van der Waals surface area contributed by atoms with Crippen molar-refractivity contribution in [3.05, 3.63) is 77.4 Å². The average Bonchev–Trinajstić information content (AvgIpc) is 2.68. The third kappa shape index (κ3) is 2.95. The van der Waals surface area contributed by atoms with Gasteiger partial charge in [-0.25, -0.2) is 9.97 Å². The second kappa shape index (κ2) is 6.65. The Hall–Kier alpha value is -3.12. The maximum Gasteiger partial charge on any atom is 0.257 e. The Bertz CT molecular complexity index is 959. The number of carbonyl (C=O) groups excluding carboxylic acids is 1. The summed E-state index contributed by atoms with van der Waals surface area (Å²) in [6, 6.07) is 11.3. The lowest BCUT2D eigenvalue weighted by Gasteiger charge is -2.32. The third-order valence-electron chi connectivity index (χ3n) is 4.59. The molecular formula is C20H18N4O2. The number of aliphatic hydroxyl groups excluding tert-OH is 1. The molecule has 3 heterocycles. The van der Waals surface area contributed by atoms with Crippen LogP contribution in [0.25, 0.3) is 11.4 Å². The minimum atomic E-state index is -0.681. The van der Waals surface area contributed by atoms with E-state index < -0.39 is 6.10 Å². The highest BCUT2D eigenvalue weighted by atomic mass is 16.3. The topological polar surface area (TPSA) is 79.2 Å². The van der Waals surface area contributed by atoms with Crippen molar-refractivity contribution in [3.8, 4) is 11.4 Å². The number of β-amino-alcohol motifs (C(OH)–C–C–N with tert-alkyl or cyclic N) is 1. The summed E-state index contributed by atoms with van der Waals surface area (Å²) in [4.78, 5) is 27.4. The molecular weight excluding hydrogens is 328 g/mol. The van der Waals surface area contributed by atoms with Gasteiger partial charge in [-0.15, -0.1) is 0 Å². The second-order valence-corrected chi connectivity index (χ2v) is 6.33. The first-order chi connectivity index (χ1) is 12.6. The Kier molecular flexibility index (Phi) is 4.18. The molecule has 6 heteroatoms. The molecule has 0 radical (unpaired) electrons. The van der Waals surface area contributed by atoms with Crippen LogP contribution in [0, 0.1) is 6.92 Å². The van der Waals surface area contributed by atoms with Gasteiger partial charge >= 0.3 is 0 Å². The summed E-state index contributed by atoms with van der Waals surface area (Å²) in [5.74, 6) is 0.366. The average molecular weight is 346 g/mol. The van der Waals surface area contributed by atoms with Gasteiger partial charge in [0, 0.05) is 30.7 Å². The van der Waals surface area contributed by atoms with E-state index in [4.69, 9.17) is 0 Å². The van der Waals surface area contributed by atoms with Crippen LogP contribution in [-0.4, -0.2) is 37.4 Å². The van der Waals surface area contributed by atoms with Crippen molar-refractivity contribution in [2.24, 2.45) is 0 Å². The molecule has 3 aromatic rings. The van der Waals surface area contributed by atoms with Crippen LogP contribution < -0.4 is 0 Å². The van der Waals surface area contributed by atoms with E-state index in [9.17, 15) is 9.90 Å². The molecule has 26 heavy (non-hydrogen) atoms. The van der Waals surface area contributed by atoms with Gasteiger partial charge in [0.25, 0.3) is 5.91 Å². The van der Waals surface area contributed by atoms with Gasteiger partial charge in [-0.2, -0.15) is 0 Å². The van der Waals surface area contributed by atoms with Gasteiger partial charge in [0.05, 0.1) is 23.9 Å². The van der Waals surface area contributed by atoms with Gasteiger partial charge in [0.15, 0.2) is 5.82 Å². The van der Waals surface area contributed by atoms with Gasteiger partial charge < -0.3 is 10.0 Å². The molecule has 1 aliphatic heterocycles. The van der Waals surface area contributed by atoms with E-state index in [1.165, 1.54) is 0 Å². The van der Waals surface area contributed by atoms with E-state index in [0.29, 0.717) is 23.6 Å². The predicted molar refractivity (Wildman–Crippen MR) is 96.1 cm³/mol. The zero-order valence-corrected chi connectivity index (χ0v) is 14.3. The first-order valence-electron chi connectivity index (χ1n) is 8.42. The van der Waals surface area contributed by atoms with Crippen LogP contribution >= 0.6 is 0 Å². The van der Waals surface area contributed by atoms with Crippen molar-refractivity contribution in [2.45, 2.75) is 19.6 Å². The summed E-state index contributed by atoms with van der Waals surface area (Å²) in [5, 5.41) is 10.4. The normalized spacial score (nSPS) is 16.2. The summed E-state index contributed by atoms with van der Waals surface area (Å²) < 4.78 is 0. The molecule has 130 valence electrons. The van der Waals surface area contributed by atoms with Crippen LogP contribution in [0.2, 0.25) is 0 Å². The monoisotopic (exact) mass is 346 g/mol. The summed E-state index contributed by atoms with van der Waals surface area (Å²) in [6.07, 6.45) is 4.25. The first-order valence-corrected chi connectivity index (χ1v) is 8.42. The van der Waals surface area contributed by atoms with Crippen molar-refractivity contribution in [1.82, 2.24) is 19.9 Å². The van der Waals surface area contributed by atoms with Gasteiger partial charge in [-0.1, -0.05) is 24.3 Å². The number of aryl methyl sites for hydroxylation is 1. The van der Waals surface area contributed by atoms with E-state index in [-0.39, 0.29) is 12.5 Å². The lowest BCUT2D eigenvalue weighted by atomic mass is 9.97. The van der Waals surface area contributed by atoms with Crippen molar-refractivity contribution >= 4 is 5.91 Å². The molecule has 1 N–H and O–H groups in total. The summed E-state index contributed by atoms with van der Waals surface area (Å²) in [6.45, 7) is 2.53. The van der Waals surface area contributed by atoms with E-state index in [0.717, 1.165) is 16.7 Å². The molecule has 0 aliphatic carbocycles. The van der Waals surface area contributed by atoms with E-state index >= 15 is 0 Å². The first kappa shape index (κ1) is 16.4. The van der Waals surface area contributed by atoms with Gasteiger partial charge in [0.2, 0.25) is 0 Å². The summed E-state index contributed by atoms with van der Waals surface area (Å²) >= 11 is 0. The minimum absolute atomic E-state index is 0.172. The Balaban J connectivity index is 1.61. The fourth-order valence-corrected chi connectivity index (χ4v) is 3.22. The Morgan fingerprint density at radius 3 is 2.81 bits per heavy atom. The molecule has 2 aromatic heterocycles. The summed E-state index contributed by atoms with van der Waals surface area (Å²) in [7, 11) is 0. The molecule has 1 amide bonds. The van der Waals surface area contributed by atoms with Gasteiger partial charge in [0.1, 0.15) is 0 Å². The lowest BCUT2D eigenvalue weighted by Crippen LogP contribution is -2.38. The molecule has 0 saturated carbocycles. The van der Waals surface area contributed by atoms with Crippen LogP contribution in [-0.2, 0) is 6.54 Å². The SMILES string of the molecule is Cc1nc(-c2cccnc2)ncc1C(=O)N1Cc2ccccc2[C@@H](O)C1. The zero-order valence-electron chi connectivity index (χ0n) is 14.3. The standard InChI is InChI=1S/C20H18N4O2/c1-13-17(10-22-19(23-13)14-6-4-8-21-9-14)20(26)24-11-15-5-2-3-7-16(15)18(25)12-24/h2-10,18,25H,11-12H2,1H3/t18-/m0/s1. The number of nitrogens with zero attached hydrogens (tertiary/aromatic N) is 4. The molecule has 0 unspecified atom stereocenters. The van der Waals surface area contributed by atoms with E-state index in [1.807, 2.05) is 36.4 Å². The van der Waals surface area contributed by atoms with Crippen molar-refractivity contribution in [2.75, 3.05) is 6.54 Å². The molecule has 6 nitrogen and oxygen atoms in total. The predicted octanol–water partition coefficient (Wildman–Crippen LogP) is 2.54. The number of aromatic nitrogens is 3. The number of hydrogen-bond acceptors (Lipinski definition) is 5. The fourth-order valence-electron chi connectivity index (χ4n) is 3.22. The highest BCUT2D eigenvalue weighted by Gasteiger charge is 2.28. The van der Waals surface area contributed by atoms with Gasteiger partial charge in [-0.3, -0.25) is 9.78 Å². The molecule has 0 fully saturated rings. The van der Waals surface area contributed by atoms with E-state index in [1.54, 1.807) is 30.4 Å². The Labute approximate surface area is 151 Å². The Morgan fingerprint density at radius 1 is 1.19 bits per heavy atom. The fraction of sp³-hybridized carbons (Fsp3) is 0.200. The zero-order chi connectivity index (χ0) is 18.1. The number of carbonyl (C=O) groups is 1. The number of amides is 1. The number of aliphatic hydroxyl groups is 1. The molecule has 1 atom stereocenters. The van der Waals surface area contributed by atoms with Crippen LogP contribution in [0.15, 0.2) is 55.0 Å². The van der Waals surface area contributed by atoms with Gasteiger partial charge in [-0.05, 0) is 30.2 Å². The largest absolute Gasteiger partial charge is 0.387 e. The molecule has 1 aromatic carbocycles. The van der Waals surface area contributed by atoms with Crippen molar-refractivity contribution in [1.29, 1.82) is 0 Å². The van der Waals surface area contributed by atoms with Crippen molar-refractivity contribution < 1.29 is 9.90 Å². The highest BCUT2D eigenvalue weighted by Crippen LogP contribution is 2.27. The van der Waals surface area contributed by atoms with Crippen LogP contribution in [0.1, 0.15) is 33.3 Å². The minimum Gasteiger partial charge on any atom is -0.387 e. The number of hydrogen-bond donors (Lipinski definition) is 1. The highest BCUT2D eigenvalue weighted by molar-refractivity contribution is 5.95. The maximum absolute atomic E-state index is 12.9. The van der Waals surface area contributed by atoms with Crippen molar-refractivity contribution in [3.63, 3.8) is 0 Å². The van der Waals surface area contributed by atoms with Crippen LogP contribution in [0.5, 0.6) is 0 Å². The molecule has 0 saturated heterocycles. The quantitative estimate of drug-likeness (QED) is 0.771. The summed E-state index contributed by atoms with van der Waals surface area (Å²) in [5.41, 5.74) is 3.71. The number of pyridine rings is 1. The third-order valence-corrected chi connectivity index (χ3v) is 4.59. The number of rotatable bonds is 2. The van der Waals surface area contributed by atoms with Crippen LogP contribution in [0.3, 0.4) is 0 Å². The molecule has 0 spiro atoms. The Morgan fingerprint density at radius 2 is 2.04 bits per heavy atom. The number of benzene rings is 1. The number of fused-ring (bicyclic) bond motifs is 1. The smallest absolute Gasteiger partial charge is 0.257 e.